The van der Waals surface area contributed by atoms with Gasteiger partial charge in [-0.15, -0.1) is 0 Å². The molecule has 0 aliphatic rings. The van der Waals surface area contributed by atoms with Gasteiger partial charge in [0.25, 0.3) is 5.91 Å². The molecule has 4 N–H and O–H groups in total. The molecule has 1 rings (SSSR count). The number of nitrogen functional groups attached to an aromatic ring is 1. The summed E-state index contributed by atoms with van der Waals surface area (Å²) in [6.07, 6.45) is 0. The van der Waals surface area contributed by atoms with E-state index >= 15 is 0 Å². The summed E-state index contributed by atoms with van der Waals surface area (Å²) in [4.78, 5) is 23.2. The Morgan fingerprint density at radius 2 is 2.05 bits per heavy atom. The predicted molar refractivity (Wildman–Crippen MR) is 73.0 cm³/mol. The molecular formula is C13H19N3O3. The van der Waals surface area contributed by atoms with Crippen LogP contribution in [0.5, 0.6) is 5.75 Å². The van der Waals surface area contributed by atoms with Crippen LogP contribution in [0.4, 0.5) is 5.69 Å². The Hall–Kier alpha value is -2.24. The zero-order valence-corrected chi connectivity index (χ0v) is 11.3. The average molecular weight is 265 g/mol. The van der Waals surface area contributed by atoms with Crippen LogP contribution in [-0.4, -0.2) is 31.5 Å². The second-order valence-electron chi connectivity index (χ2n) is 4.36. The van der Waals surface area contributed by atoms with Crippen LogP contribution in [-0.2, 0) is 4.79 Å². The van der Waals surface area contributed by atoms with E-state index < -0.39 is 0 Å². The van der Waals surface area contributed by atoms with Crippen LogP contribution in [0, 0.1) is 0 Å². The van der Waals surface area contributed by atoms with Gasteiger partial charge in [0.1, 0.15) is 5.75 Å². The molecule has 0 radical (unpaired) electrons. The monoisotopic (exact) mass is 265 g/mol. The molecule has 0 bridgehead atoms. The lowest BCUT2D eigenvalue weighted by Crippen LogP contribution is -2.39. The molecule has 0 saturated carbocycles. The standard InChI is InChI=1S/C13H19N3O3/c1-8(2)16-12(17)7-15-13(18)10-5-4-9(19-3)6-11(10)14/h4-6,8H,7,14H2,1-3H3,(H,15,18)(H,16,17). The number of rotatable bonds is 5. The van der Waals surface area contributed by atoms with Crippen molar-refractivity contribution in [2.75, 3.05) is 19.4 Å². The third kappa shape index (κ3) is 4.50. The minimum absolute atomic E-state index is 0.0375. The first-order valence-corrected chi connectivity index (χ1v) is 5.95. The number of anilines is 1. The fourth-order valence-corrected chi connectivity index (χ4v) is 1.50. The largest absolute Gasteiger partial charge is 0.497 e. The van der Waals surface area contributed by atoms with Gasteiger partial charge in [-0.2, -0.15) is 0 Å². The Labute approximate surface area is 112 Å². The smallest absolute Gasteiger partial charge is 0.253 e. The molecule has 0 aliphatic carbocycles. The summed E-state index contributed by atoms with van der Waals surface area (Å²) < 4.78 is 5.00. The lowest BCUT2D eigenvalue weighted by molar-refractivity contribution is -0.120. The molecule has 0 atom stereocenters. The molecule has 0 spiro atoms. The van der Waals surface area contributed by atoms with Gasteiger partial charge in [0.2, 0.25) is 5.91 Å². The number of carbonyl (C=O) groups excluding carboxylic acids is 2. The van der Waals surface area contributed by atoms with Crippen molar-refractivity contribution >= 4 is 17.5 Å². The number of benzene rings is 1. The topological polar surface area (TPSA) is 93.4 Å². The number of carbonyl (C=O) groups is 2. The summed E-state index contributed by atoms with van der Waals surface area (Å²) in [6.45, 7) is 3.62. The van der Waals surface area contributed by atoms with Gasteiger partial charge in [-0.3, -0.25) is 9.59 Å². The number of hydrogen-bond acceptors (Lipinski definition) is 4. The summed E-state index contributed by atoms with van der Waals surface area (Å²) in [5, 5.41) is 5.19. The molecule has 0 aromatic heterocycles. The van der Waals surface area contributed by atoms with Crippen molar-refractivity contribution < 1.29 is 14.3 Å². The molecule has 6 nitrogen and oxygen atoms in total. The first-order chi connectivity index (χ1) is 8.93. The van der Waals surface area contributed by atoms with Crippen molar-refractivity contribution in [2.45, 2.75) is 19.9 Å². The molecule has 2 amide bonds. The van der Waals surface area contributed by atoms with Crippen molar-refractivity contribution in [3.63, 3.8) is 0 Å². The van der Waals surface area contributed by atoms with Gasteiger partial charge in [0.05, 0.1) is 19.2 Å². The van der Waals surface area contributed by atoms with E-state index in [4.69, 9.17) is 10.5 Å². The Balaban J connectivity index is 2.61. The van der Waals surface area contributed by atoms with E-state index in [0.29, 0.717) is 17.0 Å². The van der Waals surface area contributed by atoms with Crippen LogP contribution in [0.15, 0.2) is 18.2 Å². The molecule has 0 heterocycles. The van der Waals surface area contributed by atoms with Gasteiger partial charge in [0, 0.05) is 17.8 Å². The fourth-order valence-electron chi connectivity index (χ4n) is 1.50. The first-order valence-electron chi connectivity index (χ1n) is 5.95. The van der Waals surface area contributed by atoms with Crippen LogP contribution in [0.25, 0.3) is 0 Å². The third-order valence-corrected chi connectivity index (χ3v) is 2.36. The van der Waals surface area contributed by atoms with Gasteiger partial charge in [0.15, 0.2) is 0 Å². The second kappa shape index (κ2) is 6.63. The number of methoxy groups -OCH3 is 1. The Morgan fingerprint density at radius 3 is 2.58 bits per heavy atom. The molecule has 6 heteroatoms. The summed E-state index contributed by atoms with van der Waals surface area (Å²) in [5.41, 5.74) is 6.37. The van der Waals surface area contributed by atoms with Gasteiger partial charge in [-0.05, 0) is 26.0 Å². The first kappa shape index (κ1) is 14.8. The lowest BCUT2D eigenvalue weighted by atomic mass is 10.1. The highest BCUT2D eigenvalue weighted by molar-refractivity contribution is 6.00. The van der Waals surface area contributed by atoms with Crippen molar-refractivity contribution in [3.8, 4) is 5.75 Å². The second-order valence-corrected chi connectivity index (χ2v) is 4.36. The predicted octanol–water partition coefficient (Wildman–Crippen LogP) is 0.532. The van der Waals surface area contributed by atoms with E-state index in [9.17, 15) is 9.59 Å². The molecule has 0 saturated heterocycles. The maximum atomic E-state index is 11.8. The van der Waals surface area contributed by atoms with Gasteiger partial charge < -0.3 is 21.1 Å². The van der Waals surface area contributed by atoms with E-state index in [0.717, 1.165) is 0 Å². The van der Waals surface area contributed by atoms with Crippen LogP contribution in [0.1, 0.15) is 24.2 Å². The minimum atomic E-state index is -0.390. The SMILES string of the molecule is COc1ccc(C(=O)NCC(=O)NC(C)C)c(N)c1. The quantitative estimate of drug-likeness (QED) is 0.677. The van der Waals surface area contributed by atoms with Crippen LogP contribution in [0.2, 0.25) is 0 Å². The Morgan fingerprint density at radius 1 is 1.37 bits per heavy atom. The number of nitrogens with one attached hydrogen (secondary N) is 2. The Kier molecular flexibility index (Phi) is 5.17. The maximum absolute atomic E-state index is 11.8. The van der Waals surface area contributed by atoms with Crippen LogP contribution >= 0.6 is 0 Å². The highest BCUT2D eigenvalue weighted by atomic mass is 16.5. The maximum Gasteiger partial charge on any atom is 0.253 e. The molecule has 1 aromatic rings. The van der Waals surface area contributed by atoms with Gasteiger partial charge in [-0.1, -0.05) is 0 Å². The molecule has 0 unspecified atom stereocenters. The lowest BCUT2D eigenvalue weighted by Gasteiger charge is -2.10. The minimum Gasteiger partial charge on any atom is -0.497 e. The Bertz CT molecular complexity index is 472. The summed E-state index contributed by atoms with van der Waals surface area (Å²) >= 11 is 0. The van der Waals surface area contributed by atoms with Gasteiger partial charge >= 0.3 is 0 Å². The normalized spacial score (nSPS) is 10.1. The van der Waals surface area contributed by atoms with Gasteiger partial charge in [-0.25, -0.2) is 0 Å². The van der Waals surface area contributed by atoms with Crippen molar-refractivity contribution in [3.05, 3.63) is 23.8 Å². The summed E-state index contributed by atoms with van der Waals surface area (Å²) in [6, 6.07) is 4.79. The summed E-state index contributed by atoms with van der Waals surface area (Å²) in [5.74, 6) is -0.0545. The summed E-state index contributed by atoms with van der Waals surface area (Å²) in [7, 11) is 1.52. The van der Waals surface area contributed by atoms with Crippen molar-refractivity contribution in [2.24, 2.45) is 0 Å². The van der Waals surface area contributed by atoms with E-state index in [1.165, 1.54) is 7.11 Å². The zero-order chi connectivity index (χ0) is 14.4. The molecular weight excluding hydrogens is 246 g/mol. The highest BCUT2D eigenvalue weighted by Crippen LogP contribution is 2.19. The zero-order valence-electron chi connectivity index (χ0n) is 11.3. The number of ether oxygens (including phenoxy) is 1. The van der Waals surface area contributed by atoms with E-state index in [2.05, 4.69) is 10.6 Å². The number of amides is 2. The fraction of sp³-hybridized carbons (Fsp3) is 0.385. The van der Waals surface area contributed by atoms with E-state index in [1.807, 2.05) is 13.8 Å². The third-order valence-electron chi connectivity index (χ3n) is 2.36. The molecule has 1 aromatic carbocycles. The molecule has 104 valence electrons. The molecule has 0 aliphatic heterocycles. The van der Waals surface area contributed by atoms with Crippen LogP contribution in [0.3, 0.4) is 0 Å². The molecule has 0 fully saturated rings. The highest BCUT2D eigenvalue weighted by Gasteiger charge is 2.12. The number of hydrogen-bond donors (Lipinski definition) is 3. The number of nitrogens with two attached hydrogens (primary N) is 1. The van der Waals surface area contributed by atoms with E-state index in [-0.39, 0.29) is 24.4 Å². The van der Waals surface area contributed by atoms with E-state index in [1.54, 1.807) is 18.2 Å². The average Bonchev–Trinajstić information content (AvgIpc) is 2.35. The molecule has 19 heavy (non-hydrogen) atoms. The van der Waals surface area contributed by atoms with Crippen molar-refractivity contribution in [1.29, 1.82) is 0 Å². The van der Waals surface area contributed by atoms with Crippen molar-refractivity contribution in [1.82, 2.24) is 10.6 Å². The van der Waals surface area contributed by atoms with Crippen LogP contribution < -0.4 is 21.1 Å².